The average molecular weight is 288 g/mol. The van der Waals surface area contributed by atoms with Crippen molar-refractivity contribution in [2.45, 2.75) is 65.5 Å². The molecule has 1 aromatic rings. The van der Waals surface area contributed by atoms with E-state index in [1.54, 1.807) is 0 Å². The predicted octanol–water partition coefficient (Wildman–Crippen LogP) is 4.22. The minimum Gasteiger partial charge on any atom is -0.307 e. The van der Waals surface area contributed by atoms with Gasteiger partial charge in [0.25, 0.3) is 0 Å². The van der Waals surface area contributed by atoms with E-state index in [1.165, 1.54) is 62.0 Å². The number of unbranched alkanes of at least 4 members (excludes halogenated alkanes) is 1. The van der Waals surface area contributed by atoms with Crippen molar-refractivity contribution in [3.63, 3.8) is 0 Å². The van der Waals surface area contributed by atoms with E-state index in [0.717, 1.165) is 0 Å². The fourth-order valence-electron chi connectivity index (χ4n) is 3.46. The van der Waals surface area contributed by atoms with Gasteiger partial charge in [-0.2, -0.15) is 0 Å². The van der Waals surface area contributed by atoms with Crippen LogP contribution in [0.25, 0.3) is 0 Å². The maximum Gasteiger partial charge on any atom is 0.0296 e. The molecule has 0 spiro atoms. The van der Waals surface area contributed by atoms with Gasteiger partial charge in [-0.3, -0.25) is 0 Å². The van der Waals surface area contributed by atoms with Gasteiger partial charge in [-0.1, -0.05) is 37.1 Å². The smallest absolute Gasteiger partial charge is 0.0296 e. The van der Waals surface area contributed by atoms with Gasteiger partial charge in [-0.05, 0) is 70.8 Å². The summed E-state index contributed by atoms with van der Waals surface area (Å²) in [6.45, 7) is 12.8. The topological polar surface area (TPSA) is 15.3 Å². The Morgan fingerprint density at radius 1 is 1.24 bits per heavy atom. The second kappa shape index (κ2) is 7.95. The van der Waals surface area contributed by atoms with Crippen molar-refractivity contribution in [1.29, 1.82) is 0 Å². The number of likely N-dealkylation sites (tertiary alicyclic amines) is 1. The quantitative estimate of drug-likeness (QED) is 0.843. The molecule has 1 atom stereocenters. The summed E-state index contributed by atoms with van der Waals surface area (Å²) < 4.78 is 0. The van der Waals surface area contributed by atoms with Gasteiger partial charge in [0.15, 0.2) is 0 Å². The third-order valence-electron chi connectivity index (χ3n) is 4.79. The molecule has 1 aliphatic rings. The van der Waals surface area contributed by atoms with Crippen LogP contribution in [0.5, 0.6) is 0 Å². The van der Waals surface area contributed by atoms with E-state index in [1.807, 2.05) is 0 Å². The fourth-order valence-corrected chi connectivity index (χ4v) is 3.46. The van der Waals surface area contributed by atoms with Crippen molar-refractivity contribution in [3.8, 4) is 0 Å². The molecule has 0 amide bonds. The highest BCUT2D eigenvalue weighted by Crippen LogP contribution is 2.21. The Balaban J connectivity index is 1.82. The van der Waals surface area contributed by atoms with Crippen LogP contribution in [-0.2, 0) is 0 Å². The zero-order valence-electron chi connectivity index (χ0n) is 14.3. The molecule has 0 aliphatic carbocycles. The van der Waals surface area contributed by atoms with Gasteiger partial charge >= 0.3 is 0 Å². The summed E-state index contributed by atoms with van der Waals surface area (Å²) in [4.78, 5) is 2.63. The van der Waals surface area contributed by atoms with Crippen LogP contribution in [0.1, 0.15) is 62.3 Å². The molecule has 1 unspecified atom stereocenters. The van der Waals surface area contributed by atoms with Crippen molar-refractivity contribution >= 4 is 0 Å². The minimum atomic E-state index is 0.456. The summed E-state index contributed by atoms with van der Waals surface area (Å²) in [6.07, 6.45) is 5.23. The fraction of sp³-hybridized carbons (Fsp3) is 0.684. The predicted molar refractivity (Wildman–Crippen MR) is 91.8 cm³/mol. The first kappa shape index (κ1) is 16.5. The number of aryl methyl sites for hydroxylation is 2. The molecule has 1 aromatic carbocycles. The lowest BCUT2D eigenvalue weighted by atomic mass is 9.97. The van der Waals surface area contributed by atoms with Crippen LogP contribution >= 0.6 is 0 Å². The van der Waals surface area contributed by atoms with Crippen LogP contribution in [0.2, 0.25) is 0 Å². The van der Waals surface area contributed by atoms with Crippen LogP contribution < -0.4 is 5.32 Å². The number of benzene rings is 1. The van der Waals surface area contributed by atoms with E-state index < -0.39 is 0 Å². The first-order valence-corrected chi connectivity index (χ1v) is 8.65. The lowest BCUT2D eigenvalue weighted by Crippen LogP contribution is -2.43. The van der Waals surface area contributed by atoms with Crippen molar-refractivity contribution in [2.24, 2.45) is 0 Å². The van der Waals surface area contributed by atoms with E-state index in [4.69, 9.17) is 0 Å². The number of hydrogen-bond acceptors (Lipinski definition) is 2. The van der Waals surface area contributed by atoms with Gasteiger partial charge in [0.05, 0.1) is 0 Å². The number of rotatable bonds is 6. The summed E-state index contributed by atoms with van der Waals surface area (Å²) >= 11 is 0. The molecule has 2 heteroatoms. The molecule has 1 fully saturated rings. The Morgan fingerprint density at radius 2 is 1.95 bits per heavy atom. The molecule has 2 rings (SSSR count). The highest BCUT2D eigenvalue weighted by Gasteiger charge is 2.20. The number of nitrogens with zero attached hydrogens (tertiary/aromatic N) is 1. The normalized spacial score (nSPS) is 18.9. The maximum atomic E-state index is 3.85. The molecular formula is C19H32N2. The van der Waals surface area contributed by atoms with Gasteiger partial charge < -0.3 is 10.2 Å². The standard InChI is InChI=1S/C19H32N2/c1-5-6-11-21-12-9-18(10-13-21)20-17(4)19-8-7-15(2)14-16(19)3/h7-8,14,17-18,20H,5-6,9-13H2,1-4H3. The van der Waals surface area contributed by atoms with E-state index in [2.05, 4.69) is 56.1 Å². The van der Waals surface area contributed by atoms with Crippen molar-refractivity contribution in [3.05, 3.63) is 34.9 Å². The number of hydrogen-bond donors (Lipinski definition) is 1. The molecule has 1 saturated heterocycles. The molecule has 0 radical (unpaired) electrons. The van der Waals surface area contributed by atoms with E-state index in [-0.39, 0.29) is 0 Å². The summed E-state index contributed by atoms with van der Waals surface area (Å²) in [5.41, 5.74) is 4.22. The van der Waals surface area contributed by atoms with Gasteiger partial charge in [0.1, 0.15) is 0 Å². The molecule has 0 bridgehead atoms. The van der Waals surface area contributed by atoms with Crippen LogP contribution in [0.3, 0.4) is 0 Å². The van der Waals surface area contributed by atoms with Gasteiger partial charge in [-0.15, -0.1) is 0 Å². The molecule has 118 valence electrons. The van der Waals surface area contributed by atoms with Gasteiger partial charge in [0.2, 0.25) is 0 Å². The second-order valence-corrected chi connectivity index (χ2v) is 6.72. The van der Waals surface area contributed by atoms with Gasteiger partial charge in [-0.25, -0.2) is 0 Å². The minimum absolute atomic E-state index is 0.456. The highest BCUT2D eigenvalue weighted by atomic mass is 15.1. The first-order valence-electron chi connectivity index (χ1n) is 8.65. The average Bonchev–Trinajstić information content (AvgIpc) is 2.46. The van der Waals surface area contributed by atoms with E-state index in [0.29, 0.717) is 12.1 Å². The van der Waals surface area contributed by atoms with Crippen LogP contribution in [0.15, 0.2) is 18.2 Å². The summed E-state index contributed by atoms with van der Waals surface area (Å²) in [5.74, 6) is 0. The number of piperidine rings is 1. The molecule has 1 aliphatic heterocycles. The zero-order valence-corrected chi connectivity index (χ0v) is 14.3. The third-order valence-corrected chi connectivity index (χ3v) is 4.79. The summed E-state index contributed by atoms with van der Waals surface area (Å²) in [5, 5.41) is 3.85. The highest BCUT2D eigenvalue weighted by molar-refractivity contribution is 5.32. The van der Waals surface area contributed by atoms with Crippen molar-refractivity contribution in [2.75, 3.05) is 19.6 Å². The molecule has 0 saturated carbocycles. The van der Waals surface area contributed by atoms with Crippen LogP contribution in [0, 0.1) is 13.8 Å². The van der Waals surface area contributed by atoms with Crippen molar-refractivity contribution in [1.82, 2.24) is 10.2 Å². The molecule has 2 nitrogen and oxygen atoms in total. The molecule has 1 N–H and O–H groups in total. The zero-order chi connectivity index (χ0) is 15.2. The van der Waals surface area contributed by atoms with Crippen molar-refractivity contribution < 1.29 is 0 Å². The second-order valence-electron chi connectivity index (χ2n) is 6.72. The largest absolute Gasteiger partial charge is 0.307 e. The maximum absolute atomic E-state index is 3.85. The summed E-state index contributed by atoms with van der Waals surface area (Å²) in [6, 6.07) is 7.95. The third kappa shape index (κ3) is 4.82. The Bertz CT molecular complexity index is 433. The monoisotopic (exact) mass is 288 g/mol. The van der Waals surface area contributed by atoms with Crippen LogP contribution in [-0.4, -0.2) is 30.6 Å². The molecular weight excluding hydrogens is 256 g/mol. The molecule has 1 heterocycles. The molecule has 21 heavy (non-hydrogen) atoms. The van der Waals surface area contributed by atoms with E-state index in [9.17, 15) is 0 Å². The Labute approximate surface area is 130 Å². The Hall–Kier alpha value is -0.860. The van der Waals surface area contributed by atoms with E-state index >= 15 is 0 Å². The number of nitrogens with one attached hydrogen (secondary N) is 1. The lowest BCUT2D eigenvalue weighted by Gasteiger charge is -2.34. The van der Waals surface area contributed by atoms with Crippen LogP contribution in [0.4, 0.5) is 0 Å². The van der Waals surface area contributed by atoms with Gasteiger partial charge in [0, 0.05) is 12.1 Å². The molecule has 0 aromatic heterocycles. The lowest BCUT2D eigenvalue weighted by molar-refractivity contribution is 0.190. The first-order chi connectivity index (χ1) is 10.1. The SMILES string of the molecule is CCCCN1CCC(NC(C)c2ccc(C)cc2C)CC1. The Morgan fingerprint density at radius 3 is 2.57 bits per heavy atom. The summed E-state index contributed by atoms with van der Waals surface area (Å²) in [7, 11) is 0. The Kier molecular flexibility index (Phi) is 6.25.